The summed E-state index contributed by atoms with van der Waals surface area (Å²) in [6.07, 6.45) is 3.31. The summed E-state index contributed by atoms with van der Waals surface area (Å²) in [4.78, 5) is 15.3. The van der Waals surface area contributed by atoms with E-state index in [1.165, 1.54) is 6.07 Å². The number of rotatable bonds is 4. The van der Waals surface area contributed by atoms with E-state index in [9.17, 15) is 4.79 Å². The molecule has 0 aliphatic carbocycles. The fourth-order valence-corrected chi connectivity index (χ4v) is 1.55. The Kier molecular flexibility index (Phi) is 3.77. The second-order valence-corrected chi connectivity index (χ2v) is 3.73. The first kappa shape index (κ1) is 11.7. The van der Waals surface area contributed by atoms with Crippen molar-refractivity contribution in [3.8, 4) is 5.75 Å². The largest absolute Gasteiger partial charge is 0.488 e. The van der Waals surface area contributed by atoms with Gasteiger partial charge in [0.15, 0.2) is 10.9 Å². The van der Waals surface area contributed by atoms with E-state index in [0.29, 0.717) is 24.1 Å². The summed E-state index contributed by atoms with van der Waals surface area (Å²) in [6.45, 7) is 0.847. The highest BCUT2D eigenvalue weighted by molar-refractivity contribution is 6.30. The molecule has 0 radical (unpaired) electrons. The molecule has 0 fully saturated rings. The Morgan fingerprint density at radius 1 is 1.29 bits per heavy atom. The van der Waals surface area contributed by atoms with Crippen molar-refractivity contribution in [2.75, 3.05) is 6.61 Å². The number of hydrogen-bond donors (Lipinski definition) is 0. The number of ether oxygens (including phenoxy) is 1. The molecule has 17 heavy (non-hydrogen) atoms. The molecule has 2 rings (SSSR count). The normalized spacial score (nSPS) is 10.2. The van der Waals surface area contributed by atoms with E-state index in [1.807, 2.05) is 0 Å². The van der Waals surface area contributed by atoms with Crippen molar-refractivity contribution in [1.29, 1.82) is 0 Å². The highest BCUT2D eigenvalue weighted by Gasteiger charge is 2.01. The van der Waals surface area contributed by atoms with Crippen molar-refractivity contribution in [2.24, 2.45) is 0 Å². The first-order chi connectivity index (χ1) is 8.27. The van der Waals surface area contributed by atoms with E-state index in [0.717, 1.165) is 0 Å². The summed E-state index contributed by atoms with van der Waals surface area (Å²) in [5.74, 6) is 0.526. The molecule has 0 N–H and O–H groups in total. The second-order valence-electron chi connectivity index (χ2n) is 3.37. The number of halogens is 1. The zero-order valence-electron chi connectivity index (χ0n) is 9.04. The van der Waals surface area contributed by atoms with Gasteiger partial charge in [0.25, 0.3) is 5.56 Å². The summed E-state index contributed by atoms with van der Waals surface area (Å²) in [5.41, 5.74) is -0.0478. The molecule has 0 amide bonds. The van der Waals surface area contributed by atoms with Gasteiger partial charge in [0.05, 0.1) is 6.54 Å². The first-order valence-corrected chi connectivity index (χ1v) is 5.54. The van der Waals surface area contributed by atoms with Crippen molar-refractivity contribution in [3.05, 3.63) is 58.2 Å². The molecule has 0 bridgehead atoms. The lowest BCUT2D eigenvalue weighted by Gasteiger charge is -2.08. The topological polar surface area (TPSA) is 44.1 Å². The van der Waals surface area contributed by atoms with Crippen LogP contribution in [0.4, 0.5) is 0 Å². The highest BCUT2D eigenvalue weighted by Crippen LogP contribution is 2.19. The Morgan fingerprint density at radius 2 is 2.18 bits per heavy atom. The van der Waals surface area contributed by atoms with Gasteiger partial charge in [0, 0.05) is 18.5 Å². The standard InChI is InChI=1S/C12H11ClN2O2/c13-12-10(4-3-6-14-12)17-9-8-15-7-2-1-5-11(15)16/h1-7H,8-9H2. The van der Waals surface area contributed by atoms with Crippen LogP contribution in [0.5, 0.6) is 5.75 Å². The highest BCUT2D eigenvalue weighted by atomic mass is 35.5. The average Bonchev–Trinajstić information content (AvgIpc) is 2.34. The molecule has 0 saturated carbocycles. The smallest absolute Gasteiger partial charge is 0.250 e. The van der Waals surface area contributed by atoms with Crippen LogP contribution in [0.3, 0.4) is 0 Å². The van der Waals surface area contributed by atoms with E-state index in [-0.39, 0.29) is 5.56 Å². The lowest BCUT2D eigenvalue weighted by molar-refractivity contribution is 0.295. The Hall–Kier alpha value is -1.81. The van der Waals surface area contributed by atoms with Crippen molar-refractivity contribution in [1.82, 2.24) is 9.55 Å². The lowest BCUT2D eigenvalue weighted by atomic mass is 10.4. The Bertz CT molecular complexity index is 554. The molecule has 0 saturated heterocycles. The quantitative estimate of drug-likeness (QED) is 0.780. The maximum Gasteiger partial charge on any atom is 0.250 e. The van der Waals surface area contributed by atoms with Gasteiger partial charge in [-0.25, -0.2) is 4.98 Å². The minimum atomic E-state index is -0.0478. The molecular formula is C12H11ClN2O2. The molecule has 4 nitrogen and oxygen atoms in total. The zero-order chi connectivity index (χ0) is 12.1. The van der Waals surface area contributed by atoms with Crippen LogP contribution in [0.25, 0.3) is 0 Å². The number of pyridine rings is 2. The van der Waals surface area contributed by atoms with Crippen LogP contribution in [0.15, 0.2) is 47.5 Å². The van der Waals surface area contributed by atoms with Gasteiger partial charge in [0.1, 0.15) is 6.61 Å². The predicted octanol–water partition coefficient (Wildman–Crippen LogP) is 1.98. The minimum Gasteiger partial charge on any atom is -0.488 e. The fourth-order valence-electron chi connectivity index (χ4n) is 1.38. The van der Waals surface area contributed by atoms with Crippen LogP contribution in [-0.4, -0.2) is 16.2 Å². The molecule has 0 unspecified atom stereocenters. The van der Waals surface area contributed by atoms with Crippen LogP contribution in [0.2, 0.25) is 5.15 Å². The van der Waals surface area contributed by atoms with E-state index in [4.69, 9.17) is 16.3 Å². The van der Waals surface area contributed by atoms with Crippen molar-refractivity contribution in [3.63, 3.8) is 0 Å². The molecule has 0 aliphatic rings. The van der Waals surface area contributed by atoms with Crippen molar-refractivity contribution < 1.29 is 4.74 Å². The van der Waals surface area contributed by atoms with Crippen LogP contribution < -0.4 is 10.3 Å². The summed E-state index contributed by atoms with van der Waals surface area (Å²) in [6, 6.07) is 8.51. The Balaban J connectivity index is 1.95. The predicted molar refractivity (Wildman–Crippen MR) is 65.4 cm³/mol. The summed E-state index contributed by atoms with van der Waals surface area (Å²) in [5, 5.41) is 0.327. The minimum absolute atomic E-state index is 0.0478. The van der Waals surface area contributed by atoms with Gasteiger partial charge in [-0.05, 0) is 18.2 Å². The average molecular weight is 251 g/mol. The van der Waals surface area contributed by atoms with Gasteiger partial charge in [-0.15, -0.1) is 0 Å². The van der Waals surface area contributed by atoms with Crippen LogP contribution in [0, 0.1) is 0 Å². The molecule has 0 aromatic carbocycles. The third-order valence-electron chi connectivity index (χ3n) is 2.21. The van der Waals surface area contributed by atoms with Gasteiger partial charge < -0.3 is 9.30 Å². The van der Waals surface area contributed by atoms with Gasteiger partial charge in [-0.2, -0.15) is 0 Å². The van der Waals surface area contributed by atoms with Crippen LogP contribution in [-0.2, 0) is 6.54 Å². The van der Waals surface area contributed by atoms with Crippen LogP contribution >= 0.6 is 11.6 Å². The molecular weight excluding hydrogens is 240 g/mol. The van der Waals surface area contributed by atoms with E-state index >= 15 is 0 Å². The Labute approximate surface area is 103 Å². The van der Waals surface area contributed by atoms with Crippen molar-refractivity contribution >= 4 is 11.6 Å². The molecule has 5 heteroatoms. The first-order valence-electron chi connectivity index (χ1n) is 5.16. The van der Waals surface area contributed by atoms with Crippen LogP contribution in [0.1, 0.15) is 0 Å². The van der Waals surface area contributed by atoms with Crippen molar-refractivity contribution in [2.45, 2.75) is 6.54 Å². The summed E-state index contributed by atoms with van der Waals surface area (Å²) in [7, 11) is 0. The third kappa shape index (κ3) is 3.07. The molecule has 2 aromatic heterocycles. The van der Waals surface area contributed by atoms with Gasteiger partial charge >= 0.3 is 0 Å². The fraction of sp³-hybridized carbons (Fsp3) is 0.167. The van der Waals surface area contributed by atoms with Gasteiger partial charge in [-0.3, -0.25) is 4.79 Å². The van der Waals surface area contributed by atoms with E-state index < -0.39 is 0 Å². The monoisotopic (exact) mass is 250 g/mol. The Morgan fingerprint density at radius 3 is 2.94 bits per heavy atom. The maximum atomic E-state index is 11.4. The molecule has 0 atom stereocenters. The SMILES string of the molecule is O=c1ccccn1CCOc1cccnc1Cl. The number of aromatic nitrogens is 2. The molecule has 88 valence electrons. The molecule has 2 aromatic rings. The number of nitrogens with zero attached hydrogens (tertiary/aromatic N) is 2. The molecule has 2 heterocycles. The van der Waals surface area contributed by atoms with E-state index in [2.05, 4.69) is 4.98 Å². The lowest BCUT2D eigenvalue weighted by Crippen LogP contribution is -2.21. The summed E-state index contributed by atoms with van der Waals surface area (Å²) < 4.78 is 7.02. The molecule has 0 aliphatic heterocycles. The molecule has 0 spiro atoms. The zero-order valence-corrected chi connectivity index (χ0v) is 9.80. The number of hydrogen-bond acceptors (Lipinski definition) is 3. The van der Waals surface area contributed by atoms with Gasteiger partial charge in [0.2, 0.25) is 0 Å². The van der Waals surface area contributed by atoms with E-state index in [1.54, 1.807) is 41.2 Å². The third-order valence-corrected chi connectivity index (χ3v) is 2.50. The maximum absolute atomic E-state index is 11.4. The second kappa shape index (κ2) is 5.50. The van der Waals surface area contributed by atoms with Gasteiger partial charge in [-0.1, -0.05) is 17.7 Å². The summed E-state index contributed by atoms with van der Waals surface area (Å²) >= 11 is 5.83.